The van der Waals surface area contributed by atoms with Gasteiger partial charge in [-0.3, -0.25) is 14.2 Å². The molecule has 29 heavy (non-hydrogen) atoms. The van der Waals surface area contributed by atoms with Gasteiger partial charge >= 0.3 is 0 Å². The van der Waals surface area contributed by atoms with Gasteiger partial charge in [0.25, 0.3) is 0 Å². The van der Waals surface area contributed by atoms with Crippen LogP contribution >= 0.6 is 11.6 Å². The van der Waals surface area contributed by atoms with Crippen LogP contribution in [0.15, 0.2) is 36.8 Å². The monoisotopic (exact) mass is 417 g/mol. The van der Waals surface area contributed by atoms with Crippen molar-refractivity contribution in [2.45, 2.75) is 33.9 Å². The Balaban J connectivity index is 1.63. The first-order valence-electron chi connectivity index (χ1n) is 9.38. The summed E-state index contributed by atoms with van der Waals surface area (Å²) in [5, 5.41) is 11.8. The Hall–Kier alpha value is -3.00. The normalized spacial score (nSPS) is 10.8. The van der Waals surface area contributed by atoms with Crippen molar-refractivity contribution in [3.8, 4) is 11.5 Å². The Kier molecular flexibility index (Phi) is 6.77. The number of carbonyl (C=O) groups is 1. The summed E-state index contributed by atoms with van der Waals surface area (Å²) in [5.74, 6) is 1.23. The Morgan fingerprint density at radius 3 is 2.59 bits per heavy atom. The highest BCUT2D eigenvalue weighted by molar-refractivity contribution is 6.31. The fourth-order valence-electron chi connectivity index (χ4n) is 2.82. The Morgan fingerprint density at radius 2 is 1.90 bits per heavy atom. The van der Waals surface area contributed by atoms with Crippen molar-refractivity contribution >= 4 is 23.2 Å². The van der Waals surface area contributed by atoms with Crippen molar-refractivity contribution in [2.75, 3.05) is 18.5 Å². The zero-order valence-electron chi connectivity index (χ0n) is 16.7. The molecule has 1 N–H and O–H groups in total. The second kappa shape index (κ2) is 9.47. The smallest absolute Gasteiger partial charge is 0.246 e. The van der Waals surface area contributed by atoms with Crippen molar-refractivity contribution in [2.24, 2.45) is 0 Å². The van der Waals surface area contributed by atoms with Gasteiger partial charge in [-0.25, -0.2) is 0 Å². The van der Waals surface area contributed by atoms with Gasteiger partial charge in [-0.2, -0.15) is 10.2 Å². The van der Waals surface area contributed by atoms with Crippen LogP contribution in [-0.4, -0.2) is 38.7 Å². The van der Waals surface area contributed by atoms with Crippen LogP contribution in [0.3, 0.4) is 0 Å². The van der Waals surface area contributed by atoms with Crippen LogP contribution in [0.25, 0.3) is 0 Å². The zero-order chi connectivity index (χ0) is 20.8. The van der Waals surface area contributed by atoms with Gasteiger partial charge in [-0.1, -0.05) is 17.7 Å². The molecule has 0 unspecified atom stereocenters. The number of rotatable bonds is 9. The highest BCUT2D eigenvalue weighted by Crippen LogP contribution is 2.29. The number of halogens is 1. The van der Waals surface area contributed by atoms with E-state index in [-0.39, 0.29) is 12.5 Å². The van der Waals surface area contributed by atoms with E-state index in [2.05, 4.69) is 15.5 Å². The fourth-order valence-corrected chi connectivity index (χ4v) is 2.96. The van der Waals surface area contributed by atoms with Gasteiger partial charge in [0, 0.05) is 6.20 Å². The third-order valence-electron chi connectivity index (χ3n) is 4.21. The van der Waals surface area contributed by atoms with E-state index < -0.39 is 0 Å². The van der Waals surface area contributed by atoms with Gasteiger partial charge in [0.15, 0.2) is 11.5 Å². The van der Waals surface area contributed by atoms with Crippen molar-refractivity contribution in [3.05, 3.63) is 53.1 Å². The molecule has 0 aliphatic rings. The molecule has 3 aromatic rings. The molecule has 0 saturated carbocycles. The molecule has 8 nitrogen and oxygen atoms in total. The molecule has 0 atom stereocenters. The number of hydrogen-bond donors (Lipinski definition) is 1. The molecule has 1 aromatic carbocycles. The van der Waals surface area contributed by atoms with Gasteiger partial charge < -0.3 is 14.8 Å². The third-order valence-corrected chi connectivity index (χ3v) is 4.58. The summed E-state index contributed by atoms with van der Waals surface area (Å²) in [4.78, 5) is 12.2. The Bertz CT molecular complexity index is 982. The lowest BCUT2D eigenvalue weighted by atomic mass is 10.2. The Labute approximate surface area is 174 Å². The minimum absolute atomic E-state index is 0.0837. The van der Waals surface area contributed by atoms with E-state index >= 15 is 0 Å². The van der Waals surface area contributed by atoms with Gasteiger partial charge in [-0.15, -0.1) is 0 Å². The summed E-state index contributed by atoms with van der Waals surface area (Å²) in [6, 6.07) is 5.81. The van der Waals surface area contributed by atoms with Crippen LogP contribution in [0.4, 0.5) is 5.69 Å². The van der Waals surface area contributed by atoms with Crippen molar-refractivity contribution in [1.29, 1.82) is 0 Å². The molecule has 0 saturated heterocycles. The molecule has 0 spiro atoms. The lowest BCUT2D eigenvalue weighted by molar-refractivity contribution is -0.116. The lowest BCUT2D eigenvalue weighted by Gasteiger charge is -2.12. The fraction of sp³-hybridized carbons (Fsp3) is 0.350. The maximum absolute atomic E-state index is 12.2. The zero-order valence-corrected chi connectivity index (χ0v) is 17.4. The van der Waals surface area contributed by atoms with E-state index in [9.17, 15) is 4.79 Å². The molecule has 0 radical (unpaired) electrons. The molecule has 0 bridgehead atoms. The molecular weight excluding hydrogens is 394 g/mol. The van der Waals surface area contributed by atoms with Crippen LogP contribution in [0.2, 0.25) is 5.02 Å². The molecular formula is C20H24ClN5O3. The second-order valence-electron chi connectivity index (χ2n) is 6.36. The topological polar surface area (TPSA) is 83.2 Å². The minimum atomic E-state index is -0.202. The number of nitrogens with zero attached hydrogens (tertiary/aromatic N) is 4. The highest BCUT2D eigenvalue weighted by Gasteiger charge is 2.11. The van der Waals surface area contributed by atoms with Gasteiger partial charge in [-0.05, 0) is 38.5 Å². The summed E-state index contributed by atoms with van der Waals surface area (Å²) in [6.45, 7) is 7.44. The van der Waals surface area contributed by atoms with Crippen molar-refractivity contribution < 1.29 is 14.3 Å². The van der Waals surface area contributed by atoms with Crippen LogP contribution in [0.5, 0.6) is 11.5 Å². The number of hydrogen-bond acceptors (Lipinski definition) is 5. The summed E-state index contributed by atoms with van der Waals surface area (Å²) in [6.07, 6.45) is 4.91. The molecule has 2 aromatic heterocycles. The molecule has 0 aliphatic carbocycles. The largest absolute Gasteiger partial charge is 0.490 e. The minimum Gasteiger partial charge on any atom is -0.490 e. The quantitative estimate of drug-likeness (QED) is 0.575. The first kappa shape index (κ1) is 20.7. The highest BCUT2D eigenvalue weighted by atomic mass is 35.5. The SMILES string of the molecule is CCOc1ccc(Cn2cc(NC(=O)Cn3ncc(Cl)c3C)cn2)cc1OCC. The molecule has 0 aliphatic heterocycles. The number of carbonyl (C=O) groups excluding carboxylic acids is 1. The molecule has 154 valence electrons. The van der Waals surface area contributed by atoms with E-state index in [4.69, 9.17) is 21.1 Å². The van der Waals surface area contributed by atoms with Crippen molar-refractivity contribution in [3.63, 3.8) is 0 Å². The van der Waals surface area contributed by atoms with Crippen LogP contribution < -0.4 is 14.8 Å². The number of amides is 1. The lowest BCUT2D eigenvalue weighted by Crippen LogP contribution is -2.20. The number of nitrogens with one attached hydrogen (secondary N) is 1. The third kappa shape index (κ3) is 5.29. The van der Waals surface area contributed by atoms with Crippen molar-refractivity contribution in [1.82, 2.24) is 19.6 Å². The summed E-state index contributed by atoms with van der Waals surface area (Å²) in [7, 11) is 0. The number of anilines is 1. The molecule has 9 heteroatoms. The number of ether oxygens (including phenoxy) is 2. The predicted octanol–water partition coefficient (Wildman–Crippen LogP) is 3.53. The second-order valence-corrected chi connectivity index (χ2v) is 6.76. The molecule has 3 rings (SSSR count). The van der Waals surface area contributed by atoms with E-state index in [1.165, 1.54) is 6.20 Å². The summed E-state index contributed by atoms with van der Waals surface area (Å²) in [5.41, 5.74) is 2.37. The van der Waals surface area contributed by atoms with Gasteiger partial charge in [0.05, 0.1) is 48.6 Å². The van der Waals surface area contributed by atoms with E-state index in [0.717, 1.165) is 17.0 Å². The summed E-state index contributed by atoms with van der Waals surface area (Å²) >= 11 is 5.97. The molecule has 1 amide bonds. The Morgan fingerprint density at radius 1 is 1.14 bits per heavy atom. The van der Waals surface area contributed by atoms with Gasteiger partial charge in [0.1, 0.15) is 6.54 Å². The first-order chi connectivity index (χ1) is 14.0. The first-order valence-corrected chi connectivity index (χ1v) is 9.76. The van der Waals surface area contributed by atoms with Gasteiger partial charge in [0.2, 0.25) is 5.91 Å². The van der Waals surface area contributed by atoms with Crippen LogP contribution in [0.1, 0.15) is 25.1 Å². The van der Waals surface area contributed by atoms with E-state index in [0.29, 0.717) is 36.2 Å². The van der Waals surface area contributed by atoms with E-state index in [1.807, 2.05) is 39.0 Å². The number of aromatic nitrogens is 4. The summed E-state index contributed by atoms with van der Waals surface area (Å²) < 4.78 is 14.6. The maximum Gasteiger partial charge on any atom is 0.246 e. The van der Waals surface area contributed by atoms with Crippen LogP contribution in [-0.2, 0) is 17.9 Å². The molecule has 2 heterocycles. The standard InChI is InChI=1S/C20H24ClN5O3/c1-4-28-18-7-6-15(8-19(18)29-5-2)11-25-12-16(9-22-25)24-20(27)13-26-14(3)17(21)10-23-26/h6-10,12H,4-5,11,13H2,1-3H3,(H,24,27). The van der Waals surface area contributed by atoms with Crippen LogP contribution in [0, 0.1) is 6.92 Å². The maximum atomic E-state index is 12.2. The van der Waals surface area contributed by atoms with E-state index in [1.54, 1.807) is 21.8 Å². The average Bonchev–Trinajstić information content (AvgIpc) is 3.25. The average molecular weight is 418 g/mol. The molecule has 0 fully saturated rings. The predicted molar refractivity (Wildman–Crippen MR) is 111 cm³/mol. The number of benzene rings is 1.